The fourth-order valence-corrected chi connectivity index (χ4v) is 2.44. The van der Waals surface area contributed by atoms with Gasteiger partial charge in [-0.15, -0.1) is 0 Å². The molecule has 3 aromatic heterocycles. The van der Waals surface area contributed by atoms with Crippen molar-refractivity contribution in [3.8, 4) is 40.1 Å². The second-order valence-electron chi connectivity index (χ2n) is 4.97. The average Bonchev–Trinajstić information content (AvgIpc) is 2.52. The number of rotatable bonds is 1. The Morgan fingerprint density at radius 2 is 1.48 bits per heavy atom. The molecule has 0 aliphatic rings. The molecule has 8 heteroatoms. The summed E-state index contributed by atoms with van der Waals surface area (Å²) in [5, 5.41) is 48.4. The summed E-state index contributed by atoms with van der Waals surface area (Å²) in [7, 11) is 0. The average molecular weight is 316 g/mol. The molecule has 23 heavy (non-hydrogen) atoms. The van der Waals surface area contributed by atoms with E-state index < -0.39 is 28.4 Å². The van der Waals surface area contributed by atoms with Crippen LogP contribution in [-0.2, 0) is 0 Å². The smallest absolute Gasteiger partial charge is 0.240 e. The third kappa shape index (κ3) is 1.51. The lowest BCUT2D eigenvalue weighted by molar-refractivity contribution is 0.390. The lowest BCUT2D eigenvalue weighted by Crippen LogP contribution is -2.06. The standard InChI is InChI=1S/C15H8O8/c16-5-2-1-4(3-6(5)17)12-10(20)8(18)7-9(19)14-11(21)15(23-14)13(7)22-12/h1-3,16-18,20-21H. The predicted molar refractivity (Wildman–Crippen MR) is 77.2 cm³/mol. The van der Waals surface area contributed by atoms with E-state index in [9.17, 15) is 30.3 Å². The van der Waals surface area contributed by atoms with Crippen LogP contribution in [0.1, 0.15) is 0 Å². The predicted octanol–water partition coefficient (Wildman–Crippen LogP) is 2.17. The minimum atomic E-state index is -0.816. The van der Waals surface area contributed by atoms with Crippen molar-refractivity contribution in [3.63, 3.8) is 0 Å². The summed E-state index contributed by atoms with van der Waals surface area (Å²) in [6.07, 6.45) is 0. The number of hydrogen-bond acceptors (Lipinski definition) is 8. The minimum Gasteiger partial charge on any atom is -0.504 e. The van der Waals surface area contributed by atoms with Gasteiger partial charge < -0.3 is 34.4 Å². The van der Waals surface area contributed by atoms with Gasteiger partial charge in [0.15, 0.2) is 28.6 Å². The van der Waals surface area contributed by atoms with Crippen LogP contribution in [0.3, 0.4) is 0 Å². The van der Waals surface area contributed by atoms with Gasteiger partial charge in [0.1, 0.15) is 5.39 Å². The van der Waals surface area contributed by atoms with Gasteiger partial charge in [-0.25, -0.2) is 0 Å². The van der Waals surface area contributed by atoms with Crippen molar-refractivity contribution in [1.29, 1.82) is 0 Å². The van der Waals surface area contributed by atoms with E-state index in [4.69, 9.17) is 8.83 Å². The van der Waals surface area contributed by atoms with Crippen LogP contribution >= 0.6 is 0 Å². The highest BCUT2D eigenvalue weighted by atomic mass is 16.4. The van der Waals surface area contributed by atoms with E-state index in [0.717, 1.165) is 12.1 Å². The van der Waals surface area contributed by atoms with Gasteiger partial charge in [0.2, 0.25) is 28.1 Å². The van der Waals surface area contributed by atoms with Gasteiger partial charge in [0.25, 0.3) is 0 Å². The molecule has 0 radical (unpaired) electrons. The number of phenolic OH excluding ortho intramolecular Hbond substituents is 3. The summed E-state index contributed by atoms with van der Waals surface area (Å²) >= 11 is 0. The lowest BCUT2D eigenvalue weighted by Gasteiger charge is -2.13. The van der Waals surface area contributed by atoms with Gasteiger partial charge in [-0.2, -0.15) is 0 Å². The van der Waals surface area contributed by atoms with E-state index in [-0.39, 0.29) is 39.2 Å². The van der Waals surface area contributed by atoms with Crippen molar-refractivity contribution in [3.05, 3.63) is 28.4 Å². The molecule has 5 N–H and O–H groups in total. The molecule has 5 rings (SSSR count). The molecule has 0 saturated heterocycles. The molecular formula is C15H8O8. The number of benzene rings is 2. The summed E-state index contributed by atoms with van der Waals surface area (Å²) in [6.45, 7) is 0. The van der Waals surface area contributed by atoms with E-state index in [1.54, 1.807) is 0 Å². The Balaban J connectivity index is 2.12. The molecule has 2 bridgehead atoms. The summed E-state index contributed by atoms with van der Waals surface area (Å²) in [4.78, 5) is 12.0. The van der Waals surface area contributed by atoms with Gasteiger partial charge in [-0.3, -0.25) is 4.79 Å². The molecule has 3 heterocycles. The molecule has 2 aromatic carbocycles. The van der Waals surface area contributed by atoms with Crippen LogP contribution in [0, 0.1) is 0 Å². The van der Waals surface area contributed by atoms with Crippen molar-refractivity contribution in [2.24, 2.45) is 0 Å². The van der Waals surface area contributed by atoms with E-state index in [1.165, 1.54) is 6.07 Å². The summed E-state index contributed by atoms with van der Waals surface area (Å²) in [5.41, 5.74) is -1.39. The first-order valence-electron chi connectivity index (χ1n) is 6.38. The van der Waals surface area contributed by atoms with Crippen LogP contribution in [0.2, 0.25) is 0 Å². The normalized spacial score (nSPS) is 11.7. The zero-order chi connectivity index (χ0) is 16.5. The number of hydrogen-bond donors (Lipinski definition) is 5. The first-order valence-corrected chi connectivity index (χ1v) is 6.38. The molecule has 8 nitrogen and oxygen atoms in total. The Hall–Kier alpha value is -3.55. The molecule has 0 spiro atoms. The maximum Gasteiger partial charge on any atom is 0.240 e. The molecule has 0 fully saturated rings. The number of aromatic hydroxyl groups is 5. The van der Waals surface area contributed by atoms with E-state index in [2.05, 4.69) is 0 Å². The third-order valence-corrected chi connectivity index (χ3v) is 3.62. The van der Waals surface area contributed by atoms with Gasteiger partial charge in [-0.05, 0) is 18.2 Å². The van der Waals surface area contributed by atoms with Crippen molar-refractivity contribution in [2.45, 2.75) is 0 Å². The van der Waals surface area contributed by atoms with Gasteiger partial charge in [-0.1, -0.05) is 0 Å². The fourth-order valence-electron chi connectivity index (χ4n) is 2.44. The van der Waals surface area contributed by atoms with Crippen LogP contribution in [0.15, 0.2) is 31.8 Å². The molecule has 0 aliphatic carbocycles. The molecule has 0 aliphatic heterocycles. The van der Waals surface area contributed by atoms with Gasteiger partial charge in [0.05, 0.1) is 0 Å². The van der Waals surface area contributed by atoms with E-state index >= 15 is 0 Å². The quantitative estimate of drug-likeness (QED) is 0.336. The van der Waals surface area contributed by atoms with Crippen LogP contribution in [0.5, 0.6) is 28.7 Å². The highest BCUT2D eigenvalue weighted by molar-refractivity contribution is 6.06. The Morgan fingerprint density at radius 1 is 0.739 bits per heavy atom. The molecule has 0 amide bonds. The van der Waals surface area contributed by atoms with Crippen LogP contribution in [0.4, 0.5) is 0 Å². The Kier molecular flexibility index (Phi) is 2.29. The summed E-state index contributed by atoms with van der Waals surface area (Å²) in [5.74, 6) is -2.97. The zero-order valence-corrected chi connectivity index (χ0v) is 11.2. The molecule has 0 saturated carbocycles. The summed E-state index contributed by atoms with van der Waals surface area (Å²) in [6, 6.07) is 3.57. The monoisotopic (exact) mass is 316 g/mol. The molecular weight excluding hydrogens is 308 g/mol. The Bertz CT molecular complexity index is 1130. The topological polar surface area (TPSA) is 144 Å². The molecule has 116 valence electrons. The maximum absolute atomic E-state index is 12.0. The first-order chi connectivity index (χ1) is 10.9. The van der Waals surface area contributed by atoms with Crippen LogP contribution in [-0.4, -0.2) is 25.5 Å². The highest BCUT2D eigenvalue weighted by Gasteiger charge is 2.29. The van der Waals surface area contributed by atoms with Crippen molar-refractivity contribution >= 4 is 22.1 Å². The zero-order valence-electron chi connectivity index (χ0n) is 11.2. The second-order valence-corrected chi connectivity index (χ2v) is 4.97. The highest BCUT2D eigenvalue weighted by Crippen LogP contribution is 2.47. The van der Waals surface area contributed by atoms with Crippen LogP contribution < -0.4 is 5.43 Å². The number of phenols is 3. The first kappa shape index (κ1) is 13.1. The fraction of sp³-hybridized carbons (Fsp3) is 0. The van der Waals surface area contributed by atoms with Gasteiger partial charge in [0, 0.05) is 5.56 Å². The van der Waals surface area contributed by atoms with E-state index in [1.807, 2.05) is 0 Å². The second kappa shape index (κ2) is 4.01. The molecule has 0 unspecified atom stereocenters. The van der Waals surface area contributed by atoms with Crippen molar-refractivity contribution in [1.82, 2.24) is 0 Å². The lowest BCUT2D eigenvalue weighted by atomic mass is 10.1. The molecule has 5 aromatic rings. The van der Waals surface area contributed by atoms with Crippen molar-refractivity contribution in [2.75, 3.05) is 0 Å². The SMILES string of the molecule is O=c1c2oc(c2O)c2oc(-c3ccc(O)c(O)c3)c(O)c(O)c12. The largest absolute Gasteiger partial charge is 0.504 e. The Morgan fingerprint density at radius 3 is 2.13 bits per heavy atom. The summed E-state index contributed by atoms with van der Waals surface area (Å²) < 4.78 is 10.4. The van der Waals surface area contributed by atoms with Gasteiger partial charge >= 0.3 is 0 Å². The molecule has 0 atom stereocenters. The third-order valence-electron chi connectivity index (χ3n) is 3.62. The maximum atomic E-state index is 12.0. The Labute approximate surface area is 126 Å². The van der Waals surface area contributed by atoms with E-state index in [0.29, 0.717) is 0 Å². The minimum absolute atomic E-state index is 0.123. The van der Waals surface area contributed by atoms with Crippen molar-refractivity contribution < 1.29 is 34.4 Å². The van der Waals surface area contributed by atoms with Crippen LogP contribution in [0.25, 0.3) is 33.5 Å².